The number of rotatable bonds is 5. The Morgan fingerprint density at radius 2 is 2.16 bits per heavy atom. The first kappa shape index (κ1) is 14.0. The maximum Gasteiger partial charge on any atom is 0.217 e. The molecule has 0 spiro atoms. The van der Waals surface area contributed by atoms with Crippen molar-refractivity contribution in [3.05, 3.63) is 52.4 Å². The lowest BCUT2D eigenvalue weighted by molar-refractivity contribution is 0.384. The SMILES string of the molecule is CNC(Cc1ccc(Br)cn1)c1cccnc1OC. The number of likely N-dealkylation sites (N-methyl/N-ethyl adjacent to an activating group) is 1. The second-order valence-corrected chi connectivity index (χ2v) is 5.03. The first-order chi connectivity index (χ1) is 9.24. The van der Waals surface area contributed by atoms with Gasteiger partial charge in [-0.05, 0) is 41.2 Å². The van der Waals surface area contributed by atoms with Crippen molar-refractivity contribution in [2.75, 3.05) is 14.2 Å². The summed E-state index contributed by atoms with van der Waals surface area (Å²) in [5.41, 5.74) is 2.06. The van der Waals surface area contributed by atoms with E-state index < -0.39 is 0 Å². The molecule has 2 aromatic heterocycles. The van der Waals surface area contributed by atoms with Gasteiger partial charge in [-0.15, -0.1) is 0 Å². The van der Waals surface area contributed by atoms with E-state index in [0.29, 0.717) is 5.88 Å². The zero-order chi connectivity index (χ0) is 13.7. The Morgan fingerprint density at radius 3 is 2.79 bits per heavy atom. The van der Waals surface area contributed by atoms with Crippen LogP contribution in [0.4, 0.5) is 0 Å². The van der Waals surface area contributed by atoms with Gasteiger partial charge in [0, 0.05) is 40.6 Å². The molecule has 1 atom stereocenters. The van der Waals surface area contributed by atoms with Crippen LogP contribution in [0, 0.1) is 0 Å². The number of halogens is 1. The Bertz CT molecular complexity index is 530. The minimum atomic E-state index is 0.123. The number of pyridine rings is 2. The third-order valence-corrected chi connectivity index (χ3v) is 3.39. The summed E-state index contributed by atoms with van der Waals surface area (Å²) >= 11 is 3.39. The van der Waals surface area contributed by atoms with Crippen LogP contribution in [-0.2, 0) is 6.42 Å². The van der Waals surface area contributed by atoms with Crippen LogP contribution in [0.25, 0.3) is 0 Å². The topological polar surface area (TPSA) is 47.0 Å². The minimum absolute atomic E-state index is 0.123. The number of nitrogens with zero attached hydrogens (tertiary/aromatic N) is 2. The number of methoxy groups -OCH3 is 1. The van der Waals surface area contributed by atoms with Crippen molar-refractivity contribution in [2.45, 2.75) is 12.5 Å². The molecule has 2 rings (SSSR count). The summed E-state index contributed by atoms with van der Waals surface area (Å²) in [5, 5.41) is 3.28. The Kier molecular flexibility index (Phi) is 4.87. The molecule has 0 aliphatic heterocycles. The van der Waals surface area contributed by atoms with Gasteiger partial charge in [0.2, 0.25) is 5.88 Å². The van der Waals surface area contributed by atoms with Crippen molar-refractivity contribution >= 4 is 15.9 Å². The predicted octanol–water partition coefficient (Wildman–Crippen LogP) is 2.75. The van der Waals surface area contributed by atoms with Crippen molar-refractivity contribution in [1.82, 2.24) is 15.3 Å². The van der Waals surface area contributed by atoms with Gasteiger partial charge >= 0.3 is 0 Å². The number of aromatic nitrogens is 2. The molecular weight excluding hydrogens is 306 g/mol. The summed E-state index contributed by atoms with van der Waals surface area (Å²) < 4.78 is 6.29. The summed E-state index contributed by atoms with van der Waals surface area (Å²) in [6.07, 6.45) is 4.32. The molecule has 1 N–H and O–H groups in total. The van der Waals surface area contributed by atoms with E-state index in [9.17, 15) is 0 Å². The van der Waals surface area contributed by atoms with Crippen molar-refractivity contribution < 1.29 is 4.74 Å². The van der Waals surface area contributed by atoms with E-state index in [4.69, 9.17) is 4.74 Å². The maximum absolute atomic E-state index is 5.31. The van der Waals surface area contributed by atoms with Gasteiger partial charge in [0.05, 0.1) is 7.11 Å². The number of nitrogens with one attached hydrogen (secondary N) is 1. The monoisotopic (exact) mass is 321 g/mol. The molecule has 1 unspecified atom stereocenters. The third-order valence-electron chi connectivity index (χ3n) is 2.92. The molecule has 5 heteroatoms. The highest BCUT2D eigenvalue weighted by Gasteiger charge is 2.16. The zero-order valence-electron chi connectivity index (χ0n) is 10.9. The van der Waals surface area contributed by atoms with Gasteiger partial charge in [-0.3, -0.25) is 4.98 Å². The summed E-state index contributed by atoms with van der Waals surface area (Å²) in [6, 6.07) is 8.06. The van der Waals surface area contributed by atoms with Gasteiger partial charge in [0.15, 0.2) is 0 Å². The molecule has 100 valence electrons. The lowest BCUT2D eigenvalue weighted by Gasteiger charge is -2.18. The van der Waals surface area contributed by atoms with Gasteiger partial charge in [0.1, 0.15) is 0 Å². The summed E-state index contributed by atoms with van der Waals surface area (Å²) in [7, 11) is 3.56. The largest absolute Gasteiger partial charge is 0.481 e. The highest BCUT2D eigenvalue weighted by Crippen LogP contribution is 2.24. The van der Waals surface area contributed by atoms with Crippen LogP contribution in [0.3, 0.4) is 0 Å². The smallest absolute Gasteiger partial charge is 0.217 e. The molecule has 2 heterocycles. The fourth-order valence-electron chi connectivity index (χ4n) is 1.94. The average molecular weight is 322 g/mol. The molecule has 0 saturated carbocycles. The van der Waals surface area contributed by atoms with E-state index in [-0.39, 0.29) is 6.04 Å². The zero-order valence-corrected chi connectivity index (χ0v) is 12.5. The average Bonchev–Trinajstić information content (AvgIpc) is 2.46. The van der Waals surface area contributed by atoms with Crippen molar-refractivity contribution in [3.8, 4) is 5.88 Å². The molecule has 0 aliphatic carbocycles. The maximum atomic E-state index is 5.31. The molecule has 0 amide bonds. The predicted molar refractivity (Wildman–Crippen MR) is 78.2 cm³/mol. The van der Waals surface area contributed by atoms with Crippen LogP contribution in [0.1, 0.15) is 17.3 Å². The first-order valence-corrected chi connectivity index (χ1v) is 6.80. The fourth-order valence-corrected chi connectivity index (χ4v) is 2.18. The van der Waals surface area contributed by atoms with Crippen LogP contribution in [-0.4, -0.2) is 24.1 Å². The van der Waals surface area contributed by atoms with Crippen molar-refractivity contribution in [3.63, 3.8) is 0 Å². The summed E-state index contributed by atoms with van der Waals surface area (Å²) in [6.45, 7) is 0. The van der Waals surface area contributed by atoms with Crippen LogP contribution in [0.15, 0.2) is 41.1 Å². The second-order valence-electron chi connectivity index (χ2n) is 4.12. The summed E-state index contributed by atoms with van der Waals surface area (Å²) in [5.74, 6) is 0.652. The molecule has 0 aliphatic rings. The third kappa shape index (κ3) is 3.52. The van der Waals surface area contributed by atoms with E-state index in [0.717, 1.165) is 22.2 Å². The van der Waals surface area contributed by atoms with E-state index >= 15 is 0 Å². The normalized spacial score (nSPS) is 12.2. The lowest BCUT2D eigenvalue weighted by Crippen LogP contribution is -2.20. The number of hydrogen-bond donors (Lipinski definition) is 1. The Balaban J connectivity index is 2.22. The highest BCUT2D eigenvalue weighted by molar-refractivity contribution is 9.10. The van der Waals surface area contributed by atoms with Crippen LogP contribution < -0.4 is 10.1 Å². The minimum Gasteiger partial charge on any atom is -0.481 e. The molecule has 2 aromatic rings. The molecule has 0 aromatic carbocycles. The lowest BCUT2D eigenvalue weighted by atomic mass is 10.0. The van der Waals surface area contributed by atoms with Gasteiger partial charge in [0.25, 0.3) is 0 Å². The van der Waals surface area contributed by atoms with Crippen molar-refractivity contribution in [1.29, 1.82) is 0 Å². The molecule has 0 radical (unpaired) electrons. The Hall–Kier alpha value is -1.46. The molecule has 19 heavy (non-hydrogen) atoms. The highest BCUT2D eigenvalue weighted by atomic mass is 79.9. The van der Waals surface area contributed by atoms with Crippen LogP contribution in [0.5, 0.6) is 5.88 Å². The van der Waals surface area contributed by atoms with E-state index in [1.165, 1.54) is 0 Å². The Labute approximate surface area is 121 Å². The number of ether oxygens (including phenoxy) is 1. The van der Waals surface area contributed by atoms with Gasteiger partial charge in [-0.25, -0.2) is 4.98 Å². The van der Waals surface area contributed by atoms with Gasteiger partial charge in [-0.1, -0.05) is 6.07 Å². The quantitative estimate of drug-likeness (QED) is 0.919. The molecule has 0 saturated heterocycles. The van der Waals surface area contributed by atoms with E-state index in [1.807, 2.05) is 37.5 Å². The van der Waals surface area contributed by atoms with Crippen LogP contribution >= 0.6 is 15.9 Å². The van der Waals surface area contributed by atoms with Crippen LogP contribution in [0.2, 0.25) is 0 Å². The van der Waals surface area contributed by atoms with Crippen molar-refractivity contribution in [2.24, 2.45) is 0 Å². The number of hydrogen-bond acceptors (Lipinski definition) is 4. The second kappa shape index (κ2) is 6.63. The van der Waals surface area contributed by atoms with Gasteiger partial charge < -0.3 is 10.1 Å². The summed E-state index contributed by atoms with van der Waals surface area (Å²) in [4.78, 5) is 8.63. The standard InChI is InChI=1S/C14H16BrN3O/c1-16-13(8-11-6-5-10(15)9-18-11)12-4-3-7-17-14(12)19-2/h3-7,9,13,16H,8H2,1-2H3. The first-order valence-electron chi connectivity index (χ1n) is 6.01. The Morgan fingerprint density at radius 1 is 1.32 bits per heavy atom. The van der Waals surface area contributed by atoms with E-state index in [2.05, 4.69) is 31.2 Å². The molecule has 0 bridgehead atoms. The molecular formula is C14H16BrN3O. The molecule has 0 fully saturated rings. The molecule has 4 nitrogen and oxygen atoms in total. The van der Waals surface area contributed by atoms with Gasteiger partial charge in [-0.2, -0.15) is 0 Å². The fraction of sp³-hybridized carbons (Fsp3) is 0.286. The van der Waals surface area contributed by atoms with E-state index in [1.54, 1.807) is 13.3 Å².